The molecule has 1 fully saturated rings. The second kappa shape index (κ2) is 9.40. The van der Waals surface area contributed by atoms with Crippen molar-refractivity contribution in [2.24, 2.45) is 0 Å². The van der Waals surface area contributed by atoms with Gasteiger partial charge in [-0.05, 0) is 67.7 Å². The lowest BCUT2D eigenvalue weighted by molar-refractivity contribution is 0.168. The summed E-state index contributed by atoms with van der Waals surface area (Å²) in [7, 11) is 1.35. The van der Waals surface area contributed by atoms with Gasteiger partial charge in [0.1, 0.15) is 12.9 Å². The molecule has 0 aliphatic carbocycles. The number of hydrogen-bond acceptors (Lipinski definition) is 6. The molecule has 0 spiro atoms. The Labute approximate surface area is 200 Å². The second-order valence-corrected chi connectivity index (χ2v) is 8.59. The van der Waals surface area contributed by atoms with E-state index in [1.165, 1.54) is 36.9 Å². The maximum Gasteiger partial charge on any atom is 0.293 e. The van der Waals surface area contributed by atoms with Crippen molar-refractivity contribution in [3.8, 4) is 11.1 Å². The summed E-state index contributed by atoms with van der Waals surface area (Å²) in [5.41, 5.74) is 1.91. The van der Waals surface area contributed by atoms with Crippen LogP contribution in [-0.2, 0) is 0 Å². The van der Waals surface area contributed by atoms with Crippen LogP contribution in [0.2, 0.25) is 5.02 Å². The van der Waals surface area contributed by atoms with Crippen LogP contribution in [0.5, 0.6) is 0 Å². The third-order valence-electron chi connectivity index (χ3n) is 6.10. The van der Waals surface area contributed by atoms with Crippen LogP contribution in [-0.4, -0.2) is 34.9 Å². The Hall–Kier alpha value is -3.49. The quantitative estimate of drug-likeness (QED) is 0.438. The third-order valence-corrected chi connectivity index (χ3v) is 6.41. The van der Waals surface area contributed by atoms with E-state index in [0.717, 1.165) is 36.3 Å². The first-order valence-corrected chi connectivity index (χ1v) is 11.4. The molecule has 0 amide bonds. The fourth-order valence-corrected chi connectivity index (χ4v) is 4.62. The molecule has 7 nitrogen and oxygen atoms in total. The molecule has 2 aromatic heterocycles. The molecule has 0 saturated carbocycles. The van der Waals surface area contributed by atoms with Gasteiger partial charge in [0.2, 0.25) is 5.95 Å². The molecule has 0 radical (unpaired) electrons. The van der Waals surface area contributed by atoms with Crippen LogP contribution in [0.4, 0.5) is 16.0 Å². The van der Waals surface area contributed by atoms with Crippen molar-refractivity contribution in [2.45, 2.75) is 18.8 Å². The molecule has 4 aromatic rings. The zero-order valence-electron chi connectivity index (χ0n) is 18.5. The normalized spacial score (nSPS) is 14.3. The predicted octanol–water partition coefficient (Wildman–Crippen LogP) is 4.52. The number of nitrogens with zero attached hydrogens (tertiary/aromatic N) is 3. The fraction of sp³-hybridized carbons (Fsp3) is 0.240. The van der Waals surface area contributed by atoms with Gasteiger partial charge < -0.3 is 15.5 Å². The topological polar surface area (TPSA) is 81.1 Å². The van der Waals surface area contributed by atoms with E-state index in [1.807, 2.05) is 12.1 Å². The number of fused-ring (bicyclic) bond motifs is 1. The molecule has 0 atom stereocenters. The zero-order valence-corrected chi connectivity index (χ0v) is 19.3. The molecule has 2 aromatic carbocycles. The number of rotatable bonds is 5. The molecule has 34 heavy (non-hydrogen) atoms. The highest BCUT2D eigenvalue weighted by Gasteiger charge is 2.19. The smallest absolute Gasteiger partial charge is 0.293 e. The zero-order chi connectivity index (χ0) is 23.7. The van der Waals surface area contributed by atoms with Gasteiger partial charge >= 0.3 is 0 Å². The summed E-state index contributed by atoms with van der Waals surface area (Å²) in [6, 6.07) is 14.0. The van der Waals surface area contributed by atoms with Crippen LogP contribution in [0.1, 0.15) is 24.3 Å². The standard InChI is InChI=1S/C25H23ClFN5O2/c1-34-32-23-17(13-19(24(32)33)22-20(26)3-2-4-21(22)27)14-29-25(31-23)30-18-7-5-15(6-8-18)16-9-11-28-12-10-16/h2-8,13-14,16,28H,9-12H2,1H3,(H,29,30,31). The molecule has 3 heterocycles. The van der Waals surface area contributed by atoms with E-state index in [9.17, 15) is 9.18 Å². The van der Waals surface area contributed by atoms with E-state index in [-0.39, 0.29) is 21.8 Å². The number of piperidine rings is 1. The monoisotopic (exact) mass is 479 g/mol. The van der Waals surface area contributed by atoms with Gasteiger partial charge in [0.05, 0.1) is 10.6 Å². The lowest BCUT2D eigenvalue weighted by Gasteiger charge is -2.23. The van der Waals surface area contributed by atoms with Crippen molar-refractivity contribution in [2.75, 3.05) is 25.5 Å². The highest BCUT2D eigenvalue weighted by atomic mass is 35.5. The SMILES string of the molecule is COn1c(=O)c(-c2c(F)cccc2Cl)cc2cnc(Nc3ccc(C4CCNCC4)cc3)nc21. The van der Waals surface area contributed by atoms with Crippen LogP contribution >= 0.6 is 11.6 Å². The fourth-order valence-electron chi connectivity index (χ4n) is 4.36. The van der Waals surface area contributed by atoms with E-state index < -0.39 is 11.4 Å². The molecule has 0 bridgehead atoms. The number of hydrogen-bond donors (Lipinski definition) is 2. The van der Waals surface area contributed by atoms with E-state index >= 15 is 0 Å². The van der Waals surface area contributed by atoms with Crippen molar-refractivity contribution in [1.82, 2.24) is 20.0 Å². The second-order valence-electron chi connectivity index (χ2n) is 8.18. The minimum atomic E-state index is -0.598. The Morgan fingerprint density at radius 3 is 2.65 bits per heavy atom. The van der Waals surface area contributed by atoms with Crippen molar-refractivity contribution < 1.29 is 9.23 Å². The predicted molar refractivity (Wildman–Crippen MR) is 131 cm³/mol. The average molecular weight is 480 g/mol. The number of pyridine rings is 1. The molecule has 1 aliphatic rings. The lowest BCUT2D eigenvalue weighted by Crippen LogP contribution is -2.27. The van der Waals surface area contributed by atoms with Crippen LogP contribution in [0.15, 0.2) is 59.5 Å². The van der Waals surface area contributed by atoms with E-state index in [1.54, 1.807) is 6.20 Å². The van der Waals surface area contributed by atoms with E-state index in [2.05, 4.69) is 32.7 Å². The maximum atomic E-state index is 14.5. The number of anilines is 2. The summed E-state index contributed by atoms with van der Waals surface area (Å²) in [5.74, 6) is 0.281. The largest absolute Gasteiger partial charge is 0.412 e. The van der Waals surface area contributed by atoms with Crippen molar-refractivity contribution in [3.63, 3.8) is 0 Å². The number of aromatic nitrogens is 3. The first-order chi connectivity index (χ1) is 16.5. The Bertz CT molecular complexity index is 1380. The number of benzene rings is 2. The first kappa shape index (κ1) is 22.3. The van der Waals surface area contributed by atoms with Crippen LogP contribution in [0.25, 0.3) is 22.2 Å². The van der Waals surface area contributed by atoms with Gasteiger partial charge in [-0.15, -0.1) is 4.73 Å². The van der Waals surface area contributed by atoms with Gasteiger partial charge in [-0.3, -0.25) is 4.79 Å². The Balaban J connectivity index is 1.48. The van der Waals surface area contributed by atoms with Gasteiger partial charge in [0, 0.05) is 22.8 Å². The van der Waals surface area contributed by atoms with Crippen LogP contribution in [0, 0.1) is 5.82 Å². The molecular weight excluding hydrogens is 457 g/mol. The van der Waals surface area contributed by atoms with Gasteiger partial charge in [-0.2, -0.15) is 4.98 Å². The minimum absolute atomic E-state index is 0.0119. The minimum Gasteiger partial charge on any atom is -0.412 e. The Morgan fingerprint density at radius 2 is 1.94 bits per heavy atom. The summed E-state index contributed by atoms with van der Waals surface area (Å²) in [4.78, 5) is 27.3. The molecule has 9 heteroatoms. The summed E-state index contributed by atoms with van der Waals surface area (Å²) in [6.07, 6.45) is 3.83. The lowest BCUT2D eigenvalue weighted by atomic mass is 9.90. The van der Waals surface area contributed by atoms with Gasteiger partial charge in [0.25, 0.3) is 5.56 Å². The number of halogens is 2. The molecular formula is C25H23ClFN5O2. The summed E-state index contributed by atoms with van der Waals surface area (Å²) >= 11 is 6.19. The highest BCUT2D eigenvalue weighted by Crippen LogP contribution is 2.30. The first-order valence-electron chi connectivity index (χ1n) is 11.0. The van der Waals surface area contributed by atoms with Crippen molar-refractivity contribution in [3.05, 3.63) is 81.5 Å². The summed E-state index contributed by atoms with van der Waals surface area (Å²) < 4.78 is 15.5. The average Bonchev–Trinajstić information content (AvgIpc) is 2.85. The van der Waals surface area contributed by atoms with E-state index in [0.29, 0.717) is 17.3 Å². The molecule has 1 saturated heterocycles. The molecule has 5 rings (SSSR count). The molecule has 1 aliphatic heterocycles. The molecule has 174 valence electrons. The highest BCUT2D eigenvalue weighted by molar-refractivity contribution is 6.33. The van der Waals surface area contributed by atoms with Crippen molar-refractivity contribution >= 4 is 34.3 Å². The van der Waals surface area contributed by atoms with Crippen LogP contribution < -0.4 is 21.0 Å². The molecule has 0 unspecified atom stereocenters. The van der Waals surface area contributed by atoms with E-state index in [4.69, 9.17) is 16.4 Å². The molecule has 2 N–H and O–H groups in total. The van der Waals surface area contributed by atoms with Crippen LogP contribution in [0.3, 0.4) is 0 Å². The van der Waals surface area contributed by atoms with Gasteiger partial charge in [-0.25, -0.2) is 9.37 Å². The summed E-state index contributed by atoms with van der Waals surface area (Å²) in [5, 5.41) is 7.19. The maximum absolute atomic E-state index is 14.5. The van der Waals surface area contributed by atoms with Gasteiger partial charge in [-0.1, -0.05) is 29.8 Å². The number of nitrogens with one attached hydrogen (secondary N) is 2. The third kappa shape index (κ3) is 4.22. The summed E-state index contributed by atoms with van der Waals surface area (Å²) in [6.45, 7) is 2.09. The van der Waals surface area contributed by atoms with Gasteiger partial charge in [0.15, 0.2) is 5.65 Å². The van der Waals surface area contributed by atoms with Crippen molar-refractivity contribution in [1.29, 1.82) is 0 Å². The Morgan fingerprint density at radius 1 is 1.18 bits per heavy atom. The Kier molecular flexibility index (Phi) is 6.17.